The molecule has 0 bridgehead atoms. The number of urea groups is 1. The molecule has 0 aliphatic carbocycles. The molecular formula is C21H22N4O3S. The number of nitrogens with one attached hydrogen (secondary N) is 2. The van der Waals surface area contributed by atoms with Crippen molar-refractivity contribution < 1.29 is 9.59 Å². The highest BCUT2D eigenvalue weighted by atomic mass is 32.2. The average Bonchev–Trinajstić information content (AvgIpc) is 2.70. The number of carbonyl (C=O) groups is 2. The lowest BCUT2D eigenvalue weighted by atomic mass is 10.1. The fourth-order valence-corrected chi connectivity index (χ4v) is 3.79. The lowest BCUT2D eigenvalue weighted by Crippen LogP contribution is -2.41. The van der Waals surface area contributed by atoms with Gasteiger partial charge in [-0.05, 0) is 50.1 Å². The molecule has 1 atom stereocenters. The van der Waals surface area contributed by atoms with Crippen molar-refractivity contribution in [3.05, 3.63) is 63.9 Å². The normalized spacial score (nSPS) is 11.9. The lowest BCUT2D eigenvalue weighted by molar-refractivity contribution is -0.119. The van der Waals surface area contributed by atoms with Crippen LogP contribution in [0.15, 0.2) is 52.4 Å². The van der Waals surface area contributed by atoms with Crippen molar-refractivity contribution >= 4 is 34.6 Å². The van der Waals surface area contributed by atoms with E-state index >= 15 is 0 Å². The van der Waals surface area contributed by atoms with Crippen LogP contribution in [0.25, 0.3) is 16.6 Å². The van der Waals surface area contributed by atoms with Crippen molar-refractivity contribution in [2.24, 2.45) is 0 Å². The van der Waals surface area contributed by atoms with Crippen molar-refractivity contribution in [3.63, 3.8) is 0 Å². The Bertz CT molecular complexity index is 1160. The van der Waals surface area contributed by atoms with Crippen LogP contribution in [0.1, 0.15) is 18.1 Å². The number of amides is 3. The summed E-state index contributed by atoms with van der Waals surface area (Å²) < 4.78 is 1.54. The molecule has 0 saturated carbocycles. The second kappa shape index (κ2) is 8.48. The smallest absolute Gasteiger partial charge is 0.321 e. The summed E-state index contributed by atoms with van der Waals surface area (Å²) in [6.45, 7) is 5.59. The van der Waals surface area contributed by atoms with E-state index in [1.54, 1.807) is 29.7 Å². The molecule has 1 aromatic heterocycles. The third-order valence-electron chi connectivity index (χ3n) is 4.68. The molecule has 2 N–H and O–H groups in total. The Labute approximate surface area is 172 Å². The van der Waals surface area contributed by atoms with Crippen LogP contribution in [0, 0.1) is 13.8 Å². The molecule has 8 heteroatoms. The first kappa shape index (κ1) is 20.6. The van der Waals surface area contributed by atoms with Crippen LogP contribution in [-0.2, 0) is 4.79 Å². The number of benzene rings is 2. The summed E-state index contributed by atoms with van der Waals surface area (Å²) in [7, 11) is 1.43. The molecule has 3 rings (SSSR count). The third kappa shape index (κ3) is 4.17. The molecule has 3 aromatic rings. The van der Waals surface area contributed by atoms with E-state index in [0.29, 0.717) is 16.1 Å². The molecule has 0 saturated heterocycles. The number of thioether (sulfide) groups is 1. The Kier molecular flexibility index (Phi) is 6.03. The number of nitrogens with zero attached hydrogens (tertiary/aromatic N) is 2. The van der Waals surface area contributed by atoms with Gasteiger partial charge < -0.3 is 5.32 Å². The summed E-state index contributed by atoms with van der Waals surface area (Å²) in [4.78, 5) is 41.8. The maximum absolute atomic E-state index is 13.3. The van der Waals surface area contributed by atoms with E-state index in [1.807, 2.05) is 38.1 Å². The average molecular weight is 410 g/mol. The maximum Gasteiger partial charge on any atom is 0.321 e. The predicted molar refractivity (Wildman–Crippen MR) is 115 cm³/mol. The third-order valence-corrected chi connectivity index (χ3v) is 5.73. The summed E-state index contributed by atoms with van der Waals surface area (Å²) in [5.74, 6) is -0.468. The molecule has 0 spiro atoms. The molecule has 150 valence electrons. The molecule has 0 unspecified atom stereocenters. The lowest BCUT2D eigenvalue weighted by Gasteiger charge is -2.18. The summed E-state index contributed by atoms with van der Waals surface area (Å²) >= 11 is 1.13. The van der Waals surface area contributed by atoms with Gasteiger partial charge in [0.15, 0.2) is 5.16 Å². The quantitative estimate of drug-likeness (QED) is 0.510. The first-order chi connectivity index (χ1) is 13.8. The maximum atomic E-state index is 13.3. The Morgan fingerprint density at radius 2 is 1.83 bits per heavy atom. The van der Waals surface area contributed by atoms with Crippen LogP contribution in [0.4, 0.5) is 4.79 Å². The van der Waals surface area contributed by atoms with Crippen LogP contribution in [0.2, 0.25) is 0 Å². The molecule has 0 radical (unpaired) electrons. The van der Waals surface area contributed by atoms with Crippen molar-refractivity contribution in [1.82, 2.24) is 20.2 Å². The van der Waals surface area contributed by atoms with Crippen LogP contribution in [0.5, 0.6) is 0 Å². The predicted octanol–water partition coefficient (Wildman–Crippen LogP) is 2.94. The summed E-state index contributed by atoms with van der Waals surface area (Å²) in [6, 6.07) is 12.3. The monoisotopic (exact) mass is 410 g/mol. The summed E-state index contributed by atoms with van der Waals surface area (Å²) in [6.07, 6.45) is 0. The molecule has 1 heterocycles. The number of para-hydroxylation sites is 1. The number of aryl methyl sites for hydroxylation is 1. The van der Waals surface area contributed by atoms with Gasteiger partial charge in [-0.2, -0.15) is 0 Å². The zero-order chi connectivity index (χ0) is 21.1. The highest BCUT2D eigenvalue weighted by Gasteiger charge is 2.22. The molecule has 3 amide bonds. The van der Waals surface area contributed by atoms with Gasteiger partial charge in [-0.1, -0.05) is 36.0 Å². The van der Waals surface area contributed by atoms with Crippen LogP contribution in [0.3, 0.4) is 0 Å². The first-order valence-corrected chi connectivity index (χ1v) is 9.99. The minimum absolute atomic E-state index is 0.203. The molecule has 0 fully saturated rings. The van der Waals surface area contributed by atoms with Gasteiger partial charge in [-0.25, -0.2) is 9.78 Å². The number of imide groups is 1. The fraction of sp³-hybridized carbons (Fsp3) is 0.238. The van der Waals surface area contributed by atoms with Gasteiger partial charge in [-0.3, -0.25) is 19.5 Å². The van der Waals surface area contributed by atoms with E-state index < -0.39 is 17.2 Å². The number of fused-ring (bicyclic) bond motifs is 1. The van der Waals surface area contributed by atoms with E-state index in [9.17, 15) is 14.4 Å². The fourth-order valence-electron chi connectivity index (χ4n) is 2.87. The molecule has 29 heavy (non-hydrogen) atoms. The molecule has 7 nitrogen and oxygen atoms in total. The standard InChI is InChI=1S/C21H22N4O3S/c1-12-8-7-11-17(13(12)2)25-19(27)15-9-5-6-10-16(15)23-21(25)29-14(3)18(26)24-20(28)22-4/h5-11,14H,1-4H3,(H2,22,24,26,28)/t14-/m1/s1. The van der Waals surface area contributed by atoms with Gasteiger partial charge in [0.2, 0.25) is 5.91 Å². The molecule has 0 aliphatic heterocycles. The van der Waals surface area contributed by atoms with Crippen LogP contribution < -0.4 is 16.2 Å². The van der Waals surface area contributed by atoms with Crippen LogP contribution >= 0.6 is 11.8 Å². The number of aromatic nitrogens is 2. The zero-order valence-electron chi connectivity index (χ0n) is 16.6. The molecule has 2 aromatic carbocycles. The van der Waals surface area contributed by atoms with Crippen molar-refractivity contribution in [3.8, 4) is 5.69 Å². The Hall–Kier alpha value is -3.13. The number of carbonyl (C=O) groups excluding carboxylic acids is 2. The summed E-state index contributed by atoms with van der Waals surface area (Å²) in [5.41, 5.74) is 3.07. The number of hydrogen-bond donors (Lipinski definition) is 2. The van der Waals surface area contributed by atoms with E-state index in [0.717, 1.165) is 28.6 Å². The van der Waals surface area contributed by atoms with Crippen LogP contribution in [-0.4, -0.2) is 33.8 Å². The topological polar surface area (TPSA) is 93.1 Å². The van der Waals surface area contributed by atoms with Crippen molar-refractivity contribution in [2.75, 3.05) is 7.05 Å². The SMILES string of the molecule is CNC(=O)NC(=O)[C@@H](C)Sc1nc2ccccc2c(=O)n1-c1cccc(C)c1C. The largest absolute Gasteiger partial charge is 0.341 e. The van der Waals surface area contributed by atoms with Gasteiger partial charge in [0, 0.05) is 7.05 Å². The Morgan fingerprint density at radius 3 is 2.55 bits per heavy atom. The van der Waals surface area contributed by atoms with E-state index in [-0.39, 0.29) is 5.56 Å². The zero-order valence-corrected chi connectivity index (χ0v) is 17.5. The van der Waals surface area contributed by atoms with Crippen molar-refractivity contribution in [2.45, 2.75) is 31.2 Å². The van der Waals surface area contributed by atoms with Gasteiger partial charge in [0.05, 0.1) is 21.8 Å². The Balaban J connectivity index is 2.15. The first-order valence-electron chi connectivity index (χ1n) is 9.11. The second-order valence-electron chi connectivity index (χ2n) is 6.60. The van der Waals surface area contributed by atoms with Gasteiger partial charge >= 0.3 is 6.03 Å². The number of hydrogen-bond acceptors (Lipinski definition) is 5. The minimum Gasteiger partial charge on any atom is -0.341 e. The van der Waals surface area contributed by atoms with Crippen molar-refractivity contribution in [1.29, 1.82) is 0 Å². The van der Waals surface area contributed by atoms with Gasteiger partial charge in [0.25, 0.3) is 5.56 Å². The second-order valence-corrected chi connectivity index (χ2v) is 7.91. The Morgan fingerprint density at radius 1 is 1.10 bits per heavy atom. The highest BCUT2D eigenvalue weighted by molar-refractivity contribution is 8.00. The molecular weight excluding hydrogens is 388 g/mol. The van der Waals surface area contributed by atoms with E-state index in [2.05, 4.69) is 15.6 Å². The molecule has 0 aliphatic rings. The number of rotatable bonds is 4. The van der Waals surface area contributed by atoms with Gasteiger partial charge in [-0.15, -0.1) is 0 Å². The van der Waals surface area contributed by atoms with E-state index in [4.69, 9.17) is 0 Å². The van der Waals surface area contributed by atoms with E-state index in [1.165, 1.54) is 7.05 Å². The highest BCUT2D eigenvalue weighted by Crippen LogP contribution is 2.27. The summed E-state index contributed by atoms with van der Waals surface area (Å²) in [5, 5.41) is 4.85. The van der Waals surface area contributed by atoms with Gasteiger partial charge in [0.1, 0.15) is 0 Å². The minimum atomic E-state index is -0.642.